The van der Waals surface area contributed by atoms with E-state index in [0.29, 0.717) is 7.11 Å². The van der Waals surface area contributed by atoms with Gasteiger partial charge in [-0.05, 0) is 6.42 Å². The van der Waals surface area contributed by atoms with Gasteiger partial charge in [-0.25, -0.2) is 13.6 Å². The van der Waals surface area contributed by atoms with E-state index in [1.165, 1.54) is 0 Å². The van der Waals surface area contributed by atoms with Crippen LogP contribution in [0.2, 0.25) is 0 Å². The molecule has 3 nitrogen and oxygen atoms in total. The van der Waals surface area contributed by atoms with Crippen LogP contribution in [0.15, 0.2) is 0 Å². The minimum Gasteiger partial charge on any atom is -0.438 e. The predicted molar refractivity (Wildman–Crippen MR) is 50.9 cm³/mol. The Hall–Kier alpha value is -1.22. The average Bonchev–Trinajstić information content (AvgIpc) is 2.49. The SMILES string of the molecule is CCC1(F)CC(OC(=O)OC)(C(F)(F)F)C(F)(F)C1F. The lowest BCUT2D eigenvalue weighted by Crippen LogP contribution is -2.60. The molecule has 10 heteroatoms. The predicted octanol–water partition coefficient (Wildman–Crippen LogP) is 3.57. The van der Waals surface area contributed by atoms with Crippen molar-refractivity contribution in [1.29, 1.82) is 0 Å². The Morgan fingerprint density at radius 1 is 1.30 bits per heavy atom. The summed E-state index contributed by atoms with van der Waals surface area (Å²) >= 11 is 0. The third kappa shape index (κ3) is 2.08. The van der Waals surface area contributed by atoms with Crippen LogP contribution in [-0.2, 0) is 9.47 Å². The lowest BCUT2D eigenvalue weighted by Gasteiger charge is -2.35. The minimum absolute atomic E-state index is 0.578. The molecule has 0 N–H and O–H groups in total. The van der Waals surface area contributed by atoms with Gasteiger partial charge in [0.2, 0.25) is 6.17 Å². The normalized spacial score (nSPS) is 36.8. The fourth-order valence-electron chi connectivity index (χ4n) is 2.09. The van der Waals surface area contributed by atoms with Crippen LogP contribution in [0.3, 0.4) is 0 Å². The Morgan fingerprint density at radius 2 is 1.80 bits per heavy atom. The van der Waals surface area contributed by atoms with E-state index in [2.05, 4.69) is 9.47 Å². The molecule has 3 atom stereocenters. The molecule has 20 heavy (non-hydrogen) atoms. The molecule has 0 aromatic carbocycles. The highest BCUT2D eigenvalue weighted by molar-refractivity contribution is 5.61. The summed E-state index contributed by atoms with van der Waals surface area (Å²) in [6.45, 7) is 0.910. The zero-order valence-electron chi connectivity index (χ0n) is 10.4. The van der Waals surface area contributed by atoms with Crippen LogP contribution in [0.1, 0.15) is 19.8 Å². The number of carbonyl (C=O) groups is 1. The Bertz CT molecular complexity index is 397. The second-order valence-corrected chi connectivity index (χ2v) is 4.43. The van der Waals surface area contributed by atoms with Crippen LogP contribution in [0.25, 0.3) is 0 Å². The molecule has 1 saturated carbocycles. The maximum absolute atomic E-state index is 13.9. The van der Waals surface area contributed by atoms with Crippen LogP contribution in [-0.4, -0.2) is 42.8 Å². The lowest BCUT2D eigenvalue weighted by molar-refractivity contribution is -0.327. The van der Waals surface area contributed by atoms with Gasteiger partial charge in [0.15, 0.2) is 5.67 Å². The van der Waals surface area contributed by atoms with Gasteiger partial charge in [0, 0.05) is 6.42 Å². The molecular formula is C10H11F7O3. The van der Waals surface area contributed by atoms with E-state index in [0.717, 1.165) is 6.92 Å². The van der Waals surface area contributed by atoms with E-state index in [1.807, 2.05) is 0 Å². The molecule has 0 bridgehead atoms. The molecule has 1 fully saturated rings. The molecule has 0 spiro atoms. The number of hydrogen-bond acceptors (Lipinski definition) is 3. The Labute approximate surface area is 109 Å². The monoisotopic (exact) mass is 312 g/mol. The second kappa shape index (κ2) is 4.66. The summed E-state index contributed by atoms with van der Waals surface area (Å²) in [5.74, 6) is -5.27. The molecule has 1 aliphatic carbocycles. The molecule has 1 aliphatic rings. The van der Waals surface area contributed by atoms with E-state index < -0.39 is 48.5 Å². The van der Waals surface area contributed by atoms with E-state index in [1.54, 1.807) is 0 Å². The molecule has 0 aliphatic heterocycles. The number of rotatable bonds is 2. The summed E-state index contributed by atoms with van der Waals surface area (Å²) in [6.07, 6.45) is -14.7. The highest BCUT2D eigenvalue weighted by Gasteiger charge is 2.85. The standard InChI is InChI=1S/C10H11F7O3/c1-3-7(12)4-8(10(15,16)17,20-6(18)19-2)9(13,14)5(7)11/h5H,3-4H2,1-2H3. The molecular weight excluding hydrogens is 301 g/mol. The van der Waals surface area contributed by atoms with Gasteiger partial charge in [-0.15, -0.1) is 0 Å². The van der Waals surface area contributed by atoms with Crippen molar-refractivity contribution in [2.45, 2.75) is 49.3 Å². The highest BCUT2D eigenvalue weighted by atomic mass is 19.4. The van der Waals surface area contributed by atoms with E-state index in [9.17, 15) is 35.5 Å². The van der Waals surface area contributed by atoms with Crippen molar-refractivity contribution in [1.82, 2.24) is 0 Å². The van der Waals surface area contributed by atoms with Crippen molar-refractivity contribution in [3.63, 3.8) is 0 Å². The van der Waals surface area contributed by atoms with Crippen LogP contribution in [0.5, 0.6) is 0 Å². The number of halogens is 7. The third-order valence-corrected chi connectivity index (χ3v) is 3.32. The zero-order valence-corrected chi connectivity index (χ0v) is 10.4. The quantitative estimate of drug-likeness (QED) is 0.578. The summed E-state index contributed by atoms with van der Waals surface area (Å²) in [7, 11) is 0.578. The maximum atomic E-state index is 13.9. The summed E-state index contributed by atoms with van der Waals surface area (Å²) in [6, 6.07) is 0. The van der Waals surface area contributed by atoms with Gasteiger partial charge in [-0.2, -0.15) is 22.0 Å². The Kier molecular flexibility index (Phi) is 3.92. The van der Waals surface area contributed by atoms with Crippen molar-refractivity contribution in [2.24, 2.45) is 0 Å². The van der Waals surface area contributed by atoms with Gasteiger partial charge in [0.05, 0.1) is 7.11 Å². The number of hydrogen-bond donors (Lipinski definition) is 0. The number of methoxy groups -OCH3 is 1. The first-order chi connectivity index (χ1) is 8.88. The van der Waals surface area contributed by atoms with Crippen molar-refractivity contribution < 1.29 is 45.0 Å². The van der Waals surface area contributed by atoms with Gasteiger partial charge < -0.3 is 9.47 Å². The van der Waals surface area contributed by atoms with E-state index in [-0.39, 0.29) is 0 Å². The molecule has 0 heterocycles. The van der Waals surface area contributed by atoms with Crippen LogP contribution >= 0.6 is 0 Å². The number of ether oxygens (including phenoxy) is 2. The van der Waals surface area contributed by atoms with Crippen molar-refractivity contribution in [3.8, 4) is 0 Å². The first kappa shape index (κ1) is 16.8. The lowest BCUT2D eigenvalue weighted by atomic mass is 9.95. The first-order valence-electron chi connectivity index (χ1n) is 5.42. The zero-order chi connectivity index (χ0) is 16.0. The largest absolute Gasteiger partial charge is 0.509 e. The van der Waals surface area contributed by atoms with Gasteiger partial charge in [0.25, 0.3) is 5.60 Å². The van der Waals surface area contributed by atoms with Crippen molar-refractivity contribution >= 4 is 6.16 Å². The fourth-order valence-corrected chi connectivity index (χ4v) is 2.09. The molecule has 0 aromatic heterocycles. The van der Waals surface area contributed by atoms with Gasteiger partial charge in [0.1, 0.15) is 0 Å². The molecule has 0 radical (unpaired) electrons. The van der Waals surface area contributed by atoms with Crippen LogP contribution in [0, 0.1) is 0 Å². The third-order valence-electron chi connectivity index (χ3n) is 3.32. The average molecular weight is 312 g/mol. The van der Waals surface area contributed by atoms with E-state index in [4.69, 9.17) is 0 Å². The Morgan fingerprint density at radius 3 is 2.10 bits per heavy atom. The summed E-state index contributed by atoms with van der Waals surface area (Å²) in [5, 5.41) is 0. The molecule has 1 rings (SSSR count). The Balaban J connectivity index is 3.41. The van der Waals surface area contributed by atoms with Gasteiger partial charge in [-0.3, -0.25) is 0 Å². The van der Waals surface area contributed by atoms with Gasteiger partial charge >= 0.3 is 18.3 Å². The van der Waals surface area contributed by atoms with Crippen LogP contribution in [0.4, 0.5) is 35.5 Å². The summed E-state index contributed by atoms with van der Waals surface area (Å²) < 4.78 is 101. The topological polar surface area (TPSA) is 35.5 Å². The summed E-state index contributed by atoms with van der Waals surface area (Å²) in [4.78, 5) is 10.8. The molecule has 0 aromatic rings. The molecule has 118 valence electrons. The summed E-state index contributed by atoms with van der Waals surface area (Å²) in [5.41, 5.74) is -8.07. The molecule has 3 unspecified atom stereocenters. The van der Waals surface area contributed by atoms with E-state index >= 15 is 0 Å². The van der Waals surface area contributed by atoms with Crippen molar-refractivity contribution in [2.75, 3.05) is 7.11 Å². The molecule has 0 saturated heterocycles. The van der Waals surface area contributed by atoms with Gasteiger partial charge in [-0.1, -0.05) is 6.92 Å². The first-order valence-corrected chi connectivity index (χ1v) is 5.42. The number of carbonyl (C=O) groups excluding carboxylic acids is 1. The number of alkyl halides is 7. The van der Waals surface area contributed by atoms with Crippen molar-refractivity contribution in [3.05, 3.63) is 0 Å². The second-order valence-electron chi connectivity index (χ2n) is 4.43. The fraction of sp³-hybridized carbons (Fsp3) is 0.900. The minimum atomic E-state index is -5.88. The smallest absolute Gasteiger partial charge is 0.438 e. The highest BCUT2D eigenvalue weighted by Crippen LogP contribution is 2.61. The molecule has 0 amide bonds. The maximum Gasteiger partial charge on any atom is 0.509 e. The van der Waals surface area contributed by atoms with Crippen LogP contribution < -0.4 is 0 Å².